The van der Waals surface area contributed by atoms with Gasteiger partial charge < -0.3 is 5.32 Å². The van der Waals surface area contributed by atoms with Crippen LogP contribution in [0.2, 0.25) is 0 Å². The maximum Gasteiger partial charge on any atom is 0.241 e. The number of nitrogens with zero attached hydrogens (tertiary/aromatic N) is 4. The van der Waals surface area contributed by atoms with E-state index in [9.17, 15) is 8.42 Å². The number of aryl methyl sites for hydroxylation is 1. The predicted octanol–water partition coefficient (Wildman–Crippen LogP) is 4.00. The average Bonchev–Trinajstić information content (AvgIpc) is 3.74. The molecule has 3 aliphatic rings. The zero-order valence-corrected chi connectivity index (χ0v) is 20.6. The van der Waals surface area contributed by atoms with Crippen LogP contribution in [0.5, 0.6) is 0 Å². The third-order valence-corrected chi connectivity index (χ3v) is 8.76. The normalized spacial score (nSPS) is 20.3. The van der Waals surface area contributed by atoms with Crippen LogP contribution >= 0.6 is 0 Å². The van der Waals surface area contributed by atoms with Gasteiger partial charge in [-0.2, -0.15) is 0 Å². The van der Waals surface area contributed by atoms with E-state index in [1.807, 2.05) is 32.2 Å². The number of hydrogen-bond acceptors (Lipinski definition) is 6. The van der Waals surface area contributed by atoms with Gasteiger partial charge in [0.25, 0.3) is 0 Å². The fourth-order valence-corrected chi connectivity index (χ4v) is 6.46. The monoisotopic (exact) mass is 480 g/mol. The highest BCUT2D eigenvalue weighted by atomic mass is 32.2. The first-order valence-electron chi connectivity index (χ1n) is 12.5. The summed E-state index contributed by atoms with van der Waals surface area (Å²) in [5.74, 6) is 2.17. The number of pyridine rings is 1. The van der Waals surface area contributed by atoms with Crippen LogP contribution in [0.4, 0.5) is 5.95 Å². The number of anilines is 1. The van der Waals surface area contributed by atoms with Crippen molar-refractivity contribution in [2.45, 2.75) is 69.2 Å². The SMILES string of the molecule is CC(C)CNS(=O)(=O)c1cc2c(c3cnc(C4CC4)cc13)CCC2n1cnnc1NCC1CC1. The standard InChI is InChI=1S/C25H32N6O2S/c1-15(2)11-29-34(32,33)24-10-19-18(21-13-26-22(9-20(21)24)17-5-6-17)7-8-23(19)31-14-28-30-25(31)27-12-16-3-4-16/h9-10,13-17,23,29H,3-8,11-12H2,1-2H3,(H,27,30). The maximum absolute atomic E-state index is 13.5. The van der Waals surface area contributed by atoms with Crippen LogP contribution in [0.25, 0.3) is 10.8 Å². The molecule has 0 aliphatic heterocycles. The summed E-state index contributed by atoms with van der Waals surface area (Å²) in [5.41, 5.74) is 3.24. The first-order chi connectivity index (χ1) is 16.4. The summed E-state index contributed by atoms with van der Waals surface area (Å²) in [4.78, 5) is 5.11. The first kappa shape index (κ1) is 22.0. The van der Waals surface area contributed by atoms with Gasteiger partial charge in [-0.1, -0.05) is 13.8 Å². The van der Waals surface area contributed by atoms with Crippen molar-refractivity contribution in [3.8, 4) is 0 Å². The minimum absolute atomic E-state index is 0.00161. The Morgan fingerprint density at radius 2 is 1.94 bits per heavy atom. The minimum atomic E-state index is -3.68. The van der Waals surface area contributed by atoms with E-state index in [4.69, 9.17) is 4.98 Å². The summed E-state index contributed by atoms with van der Waals surface area (Å²) in [6.07, 6.45) is 10.2. The molecule has 2 aromatic heterocycles. The molecule has 0 amide bonds. The van der Waals surface area contributed by atoms with Crippen molar-refractivity contribution in [1.29, 1.82) is 0 Å². The lowest BCUT2D eigenvalue weighted by Crippen LogP contribution is -2.28. The smallest absolute Gasteiger partial charge is 0.241 e. The molecule has 9 heteroatoms. The van der Waals surface area contributed by atoms with Gasteiger partial charge in [0, 0.05) is 41.7 Å². The van der Waals surface area contributed by atoms with Crippen LogP contribution in [0.15, 0.2) is 29.6 Å². The number of fused-ring (bicyclic) bond motifs is 3. The molecule has 0 radical (unpaired) electrons. The third kappa shape index (κ3) is 4.09. The Bertz CT molecular complexity index is 1340. The van der Waals surface area contributed by atoms with Gasteiger partial charge >= 0.3 is 0 Å². The van der Waals surface area contributed by atoms with Crippen LogP contribution in [-0.4, -0.2) is 41.3 Å². The second kappa shape index (κ2) is 8.30. The molecule has 180 valence electrons. The van der Waals surface area contributed by atoms with Crippen LogP contribution in [-0.2, 0) is 16.4 Å². The molecule has 6 rings (SSSR count). The Hall–Kier alpha value is -2.52. The molecule has 2 saturated carbocycles. The second-order valence-corrected chi connectivity index (χ2v) is 12.3. The summed E-state index contributed by atoms with van der Waals surface area (Å²) in [5, 5.41) is 13.7. The number of benzene rings is 1. The van der Waals surface area contributed by atoms with E-state index in [2.05, 4.69) is 24.8 Å². The van der Waals surface area contributed by atoms with E-state index < -0.39 is 10.0 Å². The predicted molar refractivity (Wildman–Crippen MR) is 131 cm³/mol. The molecule has 34 heavy (non-hydrogen) atoms. The maximum atomic E-state index is 13.5. The van der Waals surface area contributed by atoms with Crippen molar-refractivity contribution in [3.05, 3.63) is 41.5 Å². The number of aromatic nitrogens is 4. The highest BCUT2D eigenvalue weighted by molar-refractivity contribution is 7.89. The quantitative estimate of drug-likeness (QED) is 0.480. The molecule has 8 nitrogen and oxygen atoms in total. The minimum Gasteiger partial charge on any atom is -0.354 e. The van der Waals surface area contributed by atoms with Crippen molar-refractivity contribution in [2.75, 3.05) is 18.4 Å². The van der Waals surface area contributed by atoms with Gasteiger partial charge in [0.05, 0.1) is 10.9 Å². The molecule has 3 aromatic rings. The molecule has 0 bridgehead atoms. The summed E-state index contributed by atoms with van der Waals surface area (Å²) in [6, 6.07) is 3.92. The number of sulfonamides is 1. The number of hydrogen-bond donors (Lipinski definition) is 2. The molecule has 3 aliphatic carbocycles. The first-order valence-corrected chi connectivity index (χ1v) is 14.0. The Morgan fingerprint density at radius 1 is 1.12 bits per heavy atom. The zero-order chi connectivity index (χ0) is 23.4. The molecule has 0 spiro atoms. The van der Waals surface area contributed by atoms with E-state index in [1.165, 1.54) is 18.4 Å². The molecular formula is C25H32N6O2S. The lowest BCUT2D eigenvalue weighted by atomic mass is 10.00. The third-order valence-electron chi connectivity index (χ3n) is 7.30. The van der Waals surface area contributed by atoms with Crippen molar-refractivity contribution < 1.29 is 8.42 Å². The van der Waals surface area contributed by atoms with Crippen molar-refractivity contribution in [1.82, 2.24) is 24.5 Å². The summed E-state index contributed by atoms with van der Waals surface area (Å²) < 4.78 is 31.9. The van der Waals surface area contributed by atoms with Gasteiger partial charge in [-0.15, -0.1) is 10.2 Å². The molecule has 2 N–H and O–H groups in total. The topological polar surface area (TPSA) is 102 Å². The van der Waals surface area contributed by atoms with E-state index in [0.29, 0.717) is 17.4 Å². The van der Waals surface area contributed by atoms with E-state index in [0.717, 1.165) is 66.1 Å². The van der Waals surface area contributed by atoms with Gasteiger partial charge in [0.2, 0.25) is 16.0 Å². The van der Waals surface area contributed by atoms with Crippen LogP contribution in [0.3, 0.4) is 0 Å². The van der Waals surface area contributed by atoms with Crippen molar-refractivity contribution >= 4 is 26.7 Å². The van der Waals surface area contributed by atoms with E-state index >= 15 is 0 Å². The average molecular weight is 481 g/mol. The Labute approximate surface area is 200 Å². The summed E-state index contributed by atoms with van der Waals surface area (Å²) in [7, 11) is -3.68. The van der Waals surface area contributed by atoms with Crippen LogP contribution < -0.4 is 10.0 Å². The van der Waals surface area contributed by atoms with Gasteiger partial charge in [-0.25, -0.2) is 13.1 Å². The molecule has 1 atom stereocenters. The van der Waals surface area contributed by atoms with E-state index in [1.54, 1.807) is 6.33 Å². The molecule has 2 heterocycles. The molecule has 0 saturated heterocycles. The van der Waals surface area contributed by atoms with Crippen LogP contribution in [0.1, 0.15) is 74.7 Å². The van der Waals surface area contributed by atoms with Gasteiger partial charge in [-0.3, -0.25) is 9.55 Å². The number of nitrogens with one attached hydrogen (secondary N) is 2. The second-order valence-electron chi connectivity index (χ2n) is 10.6. The highest BCUT2D eigenvalue weighted by Gasteiger charge is 2.33. The largest absolute Gasteiger partial charge is 0.354 e. The van der Waals surface area contributed by atoms with Gasteiger partial charge in [-0.05, 0) is 73.6 Å². The summed E-state index contributed by atoms with van der Waals surface area (Å²) in [6.45, 7) is 5.33. The Morgan fingerprint density at radius 3 is 2.68 bits per heavy atom. The van der Waals surface area contributed by atoms with E-state index in [-0.39, 0.29) is 12.0 Å². The van der Waals surface area contributed by atoms with Crippen LogP contribution in [0, 0.1) is 11.8 Å². The van der Waals surface area contributed by atoms with Crippen molar-refractivity contribution in [2.24, 2.45) is 11.8 Å². The molecule has 1 unspecified atom stereocenters. The fourth-order valence-electron chi connectivity index (χ4n) is 5.01. The Balaban J connectivity index is 1.45. The lowest BCUT2D eigenvalue weighted by Gasteiger charge is -2.19. The molecule has 2 fully saturated rings. The van der Waals surface area contributed by atoms with Crippen molar-refractivity contribution in [3.63, 3.8) is 0 Å². The fraction of sp³-hybridized carbons (Fsp3) is 0.560. The summed E-state index contributed by atoms with van der Waals surface area (Å²) >= 11 is 0. The number of rotatable bonds is 9. The highest BCUT2D eigenvalue weighted by Crippen LogP contribution is 2.44. The molecule has 1 aromatic carbocycles. The van der Waals surface area contributed by atoms with Gasteiger partial charge in [0.15, 0.2) is 0 Å². The van der Waals surface area contributed by atoms with Gasteiger partial charge in [0.1, 0.15) is 6.33 Å². The lowest BCUT2D eigenvalue weighted by molar-refractivity contribution is 0.559. The Kier molecular flexibility index (Phi) is 5.37. The zero-order valence-electron chi connectivity index (χ0n) is 19.8. The molecular weight excluding hydrogens is 448 g/mol.